The molecule has 1 aromatic rings. The molecule has 0 bridgehead atoms. The van der Waals surface area contributed by atoms with Gasteiger partial charge in [-0.3, -0.25) is 13.8 Å². The zero-order valence-corrected chi connectivity index (χ0v) is 21.5. The molecule has 11 heteroatoms. The van der Waals surface area contributed by atoms with Crippen molar-refractivity contribution in [3.05, 3.63) is 29.3 Å². The summed E-state index contributed by atoms with van der Waals surface area (Å²) in [6.07, 6.45) is 5.56. The van der Waals surface area contributed by atoms with Gasteiger partial charge in [-0.05, 0) is 37.1 Å². The van der Waals surface area contributed by atoms with Crippen LogP contribution in [0, 0.1) is 0 Å². The van der Waals surface area contributed by atoms with Crippen LogP contribution in [0.15, 0.2) is 24.3 Å². The van der Waals surface area contributed by atoms with Gasteiger partial charge in [0.2, 0.25) is 0 Å². The minimum atomic E-state index is -4.29. The van der Waals surface area contributed by atoms with Crippen molar-refractivity contribution in [2.75, 3.05) is 40.9 Å². The zero-order chi connectivity index (χ0) is 24.0. The highest BCUT2D eigenvalue weighted by Gasteiger charge is 2.31. The number of phosphoric ester groups is 1. The second kappa shape index (κ2) is 16.4. The molecule has 192 valence electrons. The number of aliphatic carboxylic acids is 1. The minimum absolute atomic E-state index is 0. The van der Waals surface area contributed by atoms with Crippen LogP contribution in [0.25, 0.3) is 0 Å². The predicted octanol–water partition coefficient (Wildman–Crippen LogP) is 4.96. The Morgan fingerprint density at radius 3 is 2.03 bits per heavy atom. The highest BCUT2D eigenvalue weighted by molar-refractivity contribution is 7.47. The molecule has 1 rings (SSSR count). The second-order valence-electron chi connectivity index (χ2n) is 8.88. The van der Waals surface area contributed by atoms with Gasteiger partial charge in [-0.25, -0.2) is 4.57 Å². The molecule has 9 nitrogen and oxygen atoms in total. The number of carboxylic acids is 1. The fraction of sp³-hybridized carbons (Fsp3) is 0.682. The number of halogens is 1. The van der Waals surface area contributed by atoms with Crippen LogP contribution in [0.2, 0.25) is 5.02 Å². The number of phosphoric acid groups is 1. The quantitative estimate of drug-likeness (QED) is 0.160. The maximum absolute atomic E-state index is 12.1. The van der Waals surface area contributed by atoms with E-state index in [4.69, 9.17) is 30.5 Å². The first-order chi connectivity index (χ1) is 15.0. The van der Waals surface area contributed by atoms with E-state index in [0.717, 1.165) is 44.3 Å². The molecule has 1 aromatic carbocycles. The first kappa shape index (κ1) is 31.8. The van der Waals surface area contributed by atoms with Crippen molar-refractivity contribution in [3.8, 4) is 5.75 Å². The van der Waals surface area contributed by atoms with Crippen LogP contribution < -0.4 is 4.74 Å². The summed E-state index contributed by atoms with van der Waals surface area (Å²) in [6.45, 7) is 1.07. The zero-order valence-electron chi connectivity index (χ0n) is 19.8. The van der Waals surface area contributed by atoms with Gasteiger partial charge in [0.1, 0.15) is 18.4 Å². The Balaban J connectivity index is 0.0000102. The molecular formula is C22H39ClNO8P. The SMILES string of the molecule is C[N+](C)(C)CC(CC(=O)O)OP(=O)(O)OCCCCCCCCCOc1ccc(Cl)cc1.[OH-]. The van der Waals surface area contributed by atoms with Crippen LogP contribution in [0.1, 0.15) is 51.4 Å². The van der Waals surface area contributed by atoms with Crippen molar-refractivity contribution >= 4 is 25.4 Å². The molecule has 3 N–H and O–H groups in total. The lowest BCUT2D eigenvalue weighted by Gasteiger charge is -2.29. The number of carbonyl (C=O) groups is 1. The van der Waals surface area contributed by atoms with Gasteiger partial charge in [0.25, 0.3) is 0 Å². The third-order valence-corrected chi connectivity index (χ3v) is 5.89. The Labute approximate surface area is 202 Å². The normalized spacial score (nSPS) is 14.2. The van der Waals surface area contributed by atoms with E-state index in [1.54, 1.807) is 0 Å². The molecule has 0 spiro atoms. The highest BCUT2D eigenvalue weighted by Crippen LogP contribution is 2.45. The Kier molecular flexibility index (Phi) is 15.8. The Morgan fingerprint density at radius 1 is 1.00 bits per heavy atom. The summed E-state index contributed by atoms with van der Waals surface area (Å²) in [5.41, 5.74) is 0. The number of ether oxygens (including phenoxy) is 1. The second-order valence-corrected chi connectivity index (χ2v) is 10.7. The number of hydrogen-bond donors (Lipinski definition) is 2. The number of quaternary nitrogens is 1. The van der Waals surface area contributed by atoms with Crippen molar-refractivity contribution in [1.82, 2.24) is 0 Å². The van der Waals surface area contributed by atoms with Gasteiger partial charge < -0.3 is 24.7 Å². The Hall–Kier alpha value is -1.19. The summed E-state index contributed by atoms with van der Waals surface area (Å²) in [4.78, 5) is 20.9. The summed E-state index contributed by atoms with van der Waals surface area (Å²) in [6, 6.07) is 7.33. The van der Waals surface area contributed by atoms with Crippen molar-refractivity contribution < 1.29 is 43.1 Å². The van der Waals surface area contributed by atoms with E-state index in [1.807, 2.05) is 45.4 Å². The van der Waals surface area contributed by atoms with Gasteiger partial charge in [0.15, 0.2) is 0 Å². The fourth-order valence-electron chi connectivity index (χ4n) is 3.15. The lowest BCUT2D eigenvalue weighted by molar-refractivity contribution is -0.873. The lowest BCUT2D eigenvalue weighted by Crippen LogP contribution is -2.42. The summed E-state index contributed by atoms with van der Waals surface area (Å²) < 4.78 is 28.4. The third-order valence-electron chi connectivity index (χ3n) is 4.56. The van der Waals surface area contributed by atoms with E-state index in [9.17, 15) is 14.3 Å². The maximum atomic E-state index is 12.1. The average molecular weight is 512 g/mol. The smallest absolute Gasteiger partial charge is 0.472 e. The standard InChI is InChI=1S/C22H37ClNO7P.H2O/c1-24(2,3)18-21(17-22(25)26)31-32(27,28)30-16-10-8-6-4-5-7-9-15-29-20-13-11-19(23)12-14-20;/h11-14,21H,4-10,15-18H2,1-3H3,(H-,25,26,27,28);1H2. The van der Waals surface area contributed by atoms with Gasteiger partial charge in [-0.2, -0.15) is 0 Å². The molecule has 0 aliphatic carbocycles. The monoisotopic (exact) mass is 511 g/mol. The van der Waals surface area contributed by atoms with E-state index in [-0.39, 0.29) is 25.0 Å². The molecule has 0 aromatic heterocycles. The van der Waals surface area contributed by atoms with Crippen molar-refractivity contribution in [2.24, 2.45) is 0 Å². The number of hydrogen-bond acceptors (Lipinski definition) is 6. The molecule has 0 saturated heterocycles. The van der Waals surface area contributed by atoms with Crippen molar-refractivity contribution in [3.63, 3.8) is 0 Å². The summed E-state index contributed by atoms with van der Waals surface area (Å²) in [5.74, 6) is -0.258. The van der Waals surface area contributed by atoms with Crippen LogP contribution in [-0.2, 0) is 18.4 Å². The molecular weight excluding hydrogens is 473 g/mol. The minimum Gasteiger partial charge on any atom is -0.870 e. The third kappa shape index (κ3) is 17.9. The number of unbranched alkanes of at least 4 members (excludes halogenated alkanes) is 6. The first-order valence-corrected chi connectivity index (χ1v) is 12.9. The van der Waals surface area contributed by atoms with Gasteiger partial charge in [0.05, 0.1) is 40.8 Å². The van der Waals surface area contributed by atoms with Gasteiger partial charge in [-0.1, -0.05) is 43.7 Å². The van der Waals surface area contributed by atoms with E-state index in [2.05, 4.69) is 0 Å². The molecule has 0 fully saturated rings. The number of nitrogens with zero attached hydrogens (tertiary/aromatic N) is 1. The average Bonchev–Trinajstić information content (AvgIpc) is 2.65. The number of carboxylic acid groups (broad SMARTS) is 1. The van der Waals surface area contributed by atoms with Crippen molar-refractivity contribution in [2.45, 2.75) is 57.5 Å². The number of benzene rings is 1. The molecule has 0 heterocycles. The van der Waals surface area contributed by atoms with Crippen LogP contribution in [0.3, 0.4) is 0 Å². The van der Waals surface area contributed by atoms with E-state index in [1.165, 1.54) is 0 Å². The van der Waals surface area contributed by atoms with Gasteiger partial charge in [0, 0.05) is 5.02 Å². The molecule has 2 unspecified atom stereocenters. The molecule has 0 aliphatic rings. The predicted molar refractivity (Wildman–Crippen MR) is 127 cm³/mol. The van der Waals surface area contributed by atoms with Crippen LogP contribution in [0.5, 0.6) is 5.75 Å². The summed E-state index contributed by atoms with van der Waals surface area (Å²) in [5, 5.41) is 9.69. The lowest BCUT2D eigenvalue weighted by atomic mass is 10.1. The van der Waals surface area contributed by atoms with E-state index >= 15 is 0 Å². The summed E-state index contributed by atoms with van der Waals surface area (Å²) in [7, 11) is 1.28. The maximum Gasteiger partial charge on any atom is 0.472 e. The van der Waals surface area contributed by atoms with E-state index < -0.39 is 19.9 Å². The van der Waals surface area contributed by atoms with Crippen molar-refractivity contribution in [1.29, 1.82) is 0 Å². The Morgan fingerprint density at radius 2 is 1.52 bits per heavy atom. The first-order valence-electron chi connectivity index (χ1n) is 11.0. The molecule has 2 atom stereocenters. The highest BCUT2D eigenvalue weighted by atomic mass is 35.5. The van der Waals surface area contributed by atoms with E-state index in [0.29, 0.717) is 22.5 Å². The molecule has 0 radical (unpaired) electrons. The summed E-state index contributed by atoms with van der Waals surface area (Å²) >= 11 is 5.84. The number of likely N-dealkylation sites (N-methyl/N-ethyl adjacent to an activating group) is 1. The molecule has 0 saturated carbocycles. The van der Waals surface area contributed by atoms with Gasteiger partial charge in [-0.15, -0.1) is 0 Å². The fourth-order valence-corrected chi connectivity index (χ4v) is 4.21. The molecule has 33 heavy (non-hydrogen) atoms. The van der Waals surface area contributed by atoms with Crippen LogP contribution in [-0.4, -0.2) is 72.9 Å². The molecule has 0 aliphatic heterocycles. The van der Waals surface area contributed by atoms with Gasteiger partial charge >= 0.3 is 13.8 Å². The Bertz CT molecular complexity index is 711. The topological polar surface area (TPSA) is 132 Å². The largest absolute Gasteiger partial charge is 0.870 e. The van der Waals surface area contributed by atoms with Crippen LogP contribution >= 0.6 is 19.4 Å². The van der Waals surface area contributed by atoms with Crippen LogP contribution in [0.4, 0.5) is 0 Å². The number of rotatable bonds is 18. The molecule has 0 amide bonds.